The molecule has 11 nitrogen and oxygen atoms in total. The van der Waals surface area contributed by atoms with Gasteiger partial charge in [-0.2, -0.15) is 0 Å². The van der Waals surface area contributed by atoms with Crippen molar-refractivity contribution in [1.29, 1.82) is 0 Å². The Morgan fingerprint density at radius 1 is 1.17 bits per heavy atom. The number of amides is 1. The van der Waals surface area contributed by atoms with Gasteiger partial charge in [0.15, 0.2) is 6.10 Å². The fourth-order valence-electron chi connectivity index (χ4n) is 2.63. The van der Waals surface area contributed by atoms with Crippen LogP contribution in [0.3, 0.4) is 0 Å². The molecule has 1 aliphatic rings. The van der Waals surface area contributed by atoms with Gasteiger partial charge in [0.25, 0.3) is 5.91 Å². The van der Waals surface area contributed by atoms with Crippen molar-refractivity contribution in [2.45, 2.75) is 44.2 Å². The minimum Gasteiger partial charge on any atom is -0.479 e. The van der Waals surface area contributed by atoms with Crippen molar-refractivity contribution in [3.63, 3.8) is 0 Å². The summed E-state index contributed by atoms with van der Waals surface area (Å²) in [4.78, 5) is 34.3. The zero-order valence-corrected chi connectivity index (χ0v) is 15.3. The Morgan fingerprint density at radius 3 is 2.45 bits per heavy atom. The van der Waals surface area contributed by atoms with Crippen LogP contribution in [0.2, 0.25) is 0 Å². The SMILES string of the molecule is [B]C(=O)OCc1ccc(O[C@@H]2O[C@H](C(=O)O)[C@@H](O)[C@H](O)[C@H]2O)c(C(=O)NCC)c1. The van der Waals surface area contributed by atoms with Crippen LogP contribution >= 0.6 is 0 Å². The van der Waals surface area contributed by atoms with Crippen LogP contribution in [-0.2, 0) is 20.9 Å². The number of rotatable bonds is 7. The molecule has 1 aromatic rings. The summed E-state index contributed by atoms with van der Waals surface area (Å²) in [6.07, 6.45) is -9.06. The first-order valence-electron chi connectivity index (χ1n) is 8.58. The van der Waals surface area contributed by atoms with Gasteiger partial charge in [-0.3, -0.25) is 9.59 Å². The second-order valence-electron chi connectivity index (χ2n) is 6.15. The third kappa shape index (κ3) is 5.44. The van der Waals surface area contributed by atoms with E-state index in [4.69, 9.17) is 22.4 Å². The molecular formula is C17H20BNO10. The van der Waals surface area contributed by atoms with Crippen LogP contribution in [0.1, 0.15) is 22.8 Å². The highest BCUT2D eigenvalue weighted by atomic mass is 16.7. The van der Waals surface area contributed by atoms with E-state index in [0.29, 0.717) is 5.56 Å². The normalized spacial score (nSPS) is 26.4. The standard InChI is InChI=1S/C17H20BNO10/c1-2-19-14(23)8-5-7(6-27-17(18)26)3-4-9(8)28-16-12(22)10(20)11(21)13(29-16)15(24)25/h3-5,10-13,16,20-22H,2,6H2,1H3,(H,19,23)(H,24,25)/t10-,11-,12+,13-,16+/m0/s1. The lowest BCUT2D eigenvalue weighted by Gasteiger charge is -2.38. The number of aliphatic hydroxyl groups is 3. The number of carboxylic acid groups (broad SMARTS) is 1. The number of hydrogen-bond acceptors (Lipinski definition) is 9. The molecule has 1 saturated heterocycles. The van der Waals surface area contributed by atoms with Crippen molar-refractivity contribution < 1.29 is 49.0 Å². The highest BCUT2D eigenvalue weighted by molar-refractivity contribution is 6.55. The Kier molecular flexibility index (Phi) is 7.56. The fourth-order valence-corrected chi connectivity index (χ4v) is 2.63. The van der Waals surface area contributed by atoms with Gasteiger partial charge in [0, 0.05) is 6.54 Å². The number of aliphatic hydroxyl groups excluding tert-OH is 3. The fraction of sp³-hybridized carbons (Fsp3) is 0.471. The lowest BCUT2D eigenvalue weighted by atomic mass is 9.99. The van der Waals surface area contributed by atoms with E-state index in [1.165, 1.54) is 18.2 Å². The van der Waals surface area contributed by atoms with Gasteiger partial charge in [0.1, 0.15) is 30.7 Å². The summed E-state index contributed by atoms with van der Waals surface area (Å²) in [6, 6.07) is 4.10. The van der Waals surface area contributed by atoms with Gasteiger partial charge in [-0.15, -0.1) is 0 Å². The number of hydrogen-bond donors (Lipinski definition) is 5. The van der Waals surface area contributed by atoms with Crippen LogP contribution in [0.4, 0.5) is 4.79 Å². The maximum atomic E-state index is 12.4. The molecule has 156 valence electrons. The van der Waals surface area contributed by atoms with E-state index < -0.39 is 48.5 Å². The number of carboxylic acids is 1. The quantitative estimate of drug-likeness (QED) is 0.334. The maximum absolute atomic E-state index is 12.4. The summed E-state index contributed by atoms with van der Waals surface area (Å²) in [5.41, 5.74) is 0.377. The lowest BCUT2D eigenvalue weighted by molar-refractivity contribution is -0.271. The number of aliphatic carboxylic acids is 1. The van der Waals surface area contributed by atoms with E-state index in [0.717, 1.165) is 0 Å². The van der Waals surface area contributed by atoms with E-state index in [-0.39, 0.29) is 24.5 Å². The Labute approximate surface area is 166 Å². The van der Waals surface area contributed by atoms with Crippen LogP contribution in [0.25, 0.3) is 0 Å². The third-order valence-corrected chi connectivity index (χ3v) is 4.06. The van der Waals surface area contributed by atoms with Crippen LogP contribution in [0.5, 0.6) is 5.75 Å². The molecule has 1 aliphatic heterocycles. The van der Waals surface area contributed by atoms with Crippen LogP contribution < -0.4 is 10.1 Å². The molecule has 0 aromatic heterocycles. The van der Waals surface area contributed by atoms with Crippen molar-refractivity contribution in [3.8, 4) is 5.75 Å². The molecule has 0 bridgehead atoms. The molecule has 12 heteroatoms. The molecule has 1 aromatic carbocycles. The Hall–Kier alpha value is -2.67. The van der Waals surface area contributed by atoms with Crippen molar-refractivity contribution >= 4 is 25.6 Å². The molecule has 5 N–H and O–H groups in total. The summed E-state index contributed by atoms with van der Waals surface area (Å²) >= 11 is 0. The van der Waals surface area contributed by atoms with Gasteiger partial charge in [-0.1, -0.05) is 6.07 Å². The molecule has 1 amide bonds. The number of benzene rings is 1. The zero-order chi connectivity index (χ0) is 21.7. The van der Waals surface area contributed by atoms with E-state index in [1.807, 2.05) is 0 Å². The van der Waals surface area contributed by atoms with Crippen LogP contribution in [0, 0.1) is 0 Å². The van der Waals surface area contributed by atoms with E-state index in [1.54, 1.807) is 6.92 Å². The minimum atomic E-state index is -1.88. The summed E-state index contributed by atoms with van der Waals surface area (Å²) in [5, 5.41) is 41.3. The monoisotopic (exact) mass is 409 g/mol. The molecule has 2 rings (SSSR count). The highest BCUT2D eigenvalue weighted by Gasteiger charge is 2.48. The molecule has 1 fully saturated rings. The first kappa shape index (κ1) is 22.6. The molecule has 0 spiro atoms. The molecule has 0 aliphatic carbocycles. The smallest absolute Gasteiger partial charge is 0.335 e. The number of carbonyl (C=O) groups is 3. The minimum absolute atomic E-state index is 0.0271. The number of nitrogens with one attached hydrogen (secondary N) is 1. The van der Waals surface area contributed by atoms with Crippen LogP contribution in [0.15, 0.2) is 18.2 Å². The van der Waals surface area contributed by atoms with E-state index in [9.17, 15) is 29.7 Å². The number of ether oxygens (including phenoxy) is 3. The highest BCUT2D eigenvalue weighted by Crippen LogP contribution is 2.28. The van der Waals surface area contributed by atoms with Crippen molar-refractivity contribution in [3.05, 3.63) is 29.3 Å². The summed E-state index contributed by atoms with van der Waals surface area (Å²) in [7, 11) is 4.91. The van der Waals surface area contributed by atoms with Gasteiger partial charge in [0.2, 0.25) is 20.0 Å². The second-order valence-corrected chi connectivity index (χ2v) is 6.15. The van der Waals surface area contributed by atoms with E-state index in [2.05, 4.69) is 10.1 Å². The zero-order valence-electron chi connectivity index (χ0n) is 15.3. The van der Waals surface area contributed by atoms with E-state index >= 15 is 0 Å². The molecule has 0 saturated carbocycles. The maximum Gasteiger partial charge on any atom is 0.335 e. The lowest BCUT2D eigenvalue weighted by Crippen LogP contribution is -2.61. The van der Waals surface area contributed by atoms with Gasteiger partial charge < -0.3 is 40.0 Å². The van der Waals surface area contributed by atoms with Gasteiger partial charge in [0.05, 0.1) is 5.56 Å². The van der Waals surface area contributed by atoms with Gasteiger partial charge in [-0.25, -0.2) is 4.79 Å². The third-order valence-electron chi connectivity index (χ3n) is 4.06. The average Bonchev–Trinajstić information content (AvgIpc) is 2.67. The first-order valence-corrected chi connectivity index (χ1v) is 8.58. The summed E-state index contributed by atoms with van der Waals surface area (Å²) < 4.78 is 15.2. The summed E-state index contributed by atoms with van der Waals surface area (Å²) in [6.45, 7) is 1.76. The Bertz CT molecular complexity index is 773. The van der Waals surface area contributed by atoms with Crippen LogP contribution in [-0.4, -0.2) is 83.3 Å². The van der Waals surface area contributed by atoms with Crippen molar-refractivity contribution in [2.24, 2.45) is 0 Å². The Morgan fingerprint density at radius 2 is 1.86 bits per heavy atom. The first-order chi connectivity index (χ1) is 13.6. The molecule has 2 radical (unpaired) electrons. The largest absolute Gasteiger partial charge is 0.479 e. The van der Waals surface area contributed by atoms with Gasteiger partial charge >= 0.3 is 5.97 Å². The topological polar surface area (TPSA) is 172 Å². The molecular weight excluding hydrogens is 389 g/mol. The molecule has 5 atom stereocenters. The predicted molar refractivity (Wildman–Crippen MR) is 95.3 cm³/mol. The second kappa shape index (κ2) is 9.70. The number of carbonyl (C=O) groups excluding carboxylic acids is 2. The molecule has 1 heterocycles. The average molecular weight is 409 g/mol. The molecule has 0 unspecified atom stereocenters. The van der Waals surface area contributed by atoms with Gasteiger partial charge in [-0.05, 0) is 24.6 Å². The Balaban J connectivity index is 2.30. The molecule has 29 heavy (non-hydrogen) atoms. The van der Waals surface area contributed by atoms with Crippen molar-refractivity contribution in [2.75, 3.05) is 6.54 Å². The summed E-state index contributed by atoms with van der Waals surface area (Å²) in [5.74, 6) is -3.24. The predicted octanol–water partition coefficient (Wildman–Crippen LogP) is -1.49. The van der Waals surface area contributed by atoms with Crippen molar-refractivity contribution in [1.82, 2.24) is 5.32 Å².